The Morgan fingerprint density at radius 2 is 1.83 bits per heavy atom. The van der Waals surface area contributed by atoms with Gasteiger partial charge in [-0.3, -0.25) is 4.79 Å². The first-order chi connectivity index (χ1) is 17.5. The minimum absolute atomic E-state index is 0.0847. The molecule has 36 heavy (non-hydrogen) atoms. The average molecular weight is 490 g/mol. The molecule has 0 aliphatic carbocycles. The molecule has 2 amide bonds. The van der Waals surface area contributed by atoms with E-state index in [1.807, 2.05) is 37.3 Å². The molecule has 0 bridgehead atoms. The van der Waals surface area contributed by atoms with Gasteiger partial charge in [0.15, 0.2) is 11.5 Å². The summed E-state index contributed by atoms with van der Waals surface area (Å²) < 4.78 is 16.4. The lowest BCUT2D eigenvalue weighted by Gasteiger charge is -2.29. The van der Waals surface area contributed by atoms with Gasteiger partial charge in [0.25, 0.3) is 5.91 Å². The van der Waals surface area contributed by atoms with E-state index in [-0.39, 0.29) is 5.82 Å². The molecule has 186 valence electrons. The zero-order valence-corrected chi connectivity index (χ0v) is 20.3. The highest BCUT2D eigenvalue weighted by Gasteiger charge is 2.31. The minimum Gasteiger partial charge on any atom is -0.493 e. The van der Waals surface area contributed by atoms with Gasteiger partial charge in [0.1, 0.15) is 11.8 Å². The smallest absolute Gasteiger partial charge is 0.431 e. The number of nitrogens with one attached hydrogen (secondary N) is 1. The summed E-state index contributed by atoms with van der Waals surface area (Å²) in [6.45, 7) is 2.23. The third-order valence-electron chi connectivity index (χ3n) is 5.60. The van der Waals surface area contributed by atoms with Gasteiger partial charge in [0.05, 0.1) is 20.8 Å². The highest BCUT2D eigenvalue weighted by atomic mass is 16.6. The molecule has 1 aliphatic heterocycles. The van der Waals surface area contributed by atoms with Crippen LogP contribution in [0.5, 0.6) is 11.5 Å². The van der Waals surface area contributed by atoms with Gasteiger partial charge in [-0.05, 0) is 54.8 Å². The van der Waals surface area contributed by atoms with Gasteiger partial charge in [-0.1, -0.05) is 19.1 Å². The quantitative estimate of drug-likeness (QED) is 0.484. The summed E-state index contributed by atoms with van der Waals surface area (Å²) in [7, 11) is 3.14. The summed E-state index contributed by atoms with van der Waals surface area (Å²) in [4.78, 5) is 32.9. The van der Waals surface area contributed by atoms with Crippen LogP contribution in [0.3, 0.4) is 0 Å². The van der Waals surface area contributed by atoms with Crippen LogP contribution < -0.4 is 14.8 Å². The number of hydrogen-bond donors (Lipinski definition) is 1. The van der Waals surface area contributed by atoms with Crippen molar-refractivity contribution in [2.75, 3.05) is 26.1 Å². The molecule has 3 aromatic rings. The van der Waals surface area contributed by atoms with Crippen molar-refractivity contribution in [1.29, 1.82) is 0 Å². The number of methoxy groups -OCH3 is 2. The molecule has 10 nitrogen and oxygen atoms in total. The zero-order chi connectivity index (χ0) is 25.5. The summed E-state index contributed by atoms with van der Waals surface area (Å²) in [5, 5.41) is 8.74. The largest absolute Gasteiger partial charge is 0.493 e. The van der Waals surface area contributed by atoms with E-state index in [1.165, 1.54) is 17.4 Å². The van der Waals surface area contributed by atoms with Crippen LogP contribution in [-0.4, -0.2) is 59.6 Å². The van der Waals surface area contributed by atoms with Crippen molar-refractivity contribution in [3.63, 3.8) is 0 Å². The molecular formula is C26H27N5O5. The number of cyclic esters (lactones) is 1. The summed E-state index contributed by atoms with van der Waals surface area (Å²) >= 11 is 0. The third-order valence-corrected chi connectivity index (χ3v) is 5.60. The topological polar surface area (TPSA) is 115 Å². The van der Waals surface area contributed by atoms with Gasteiger partial charge < -0.3 is 19.5 Å². The first kappa shape index (κ1) is 24.6. The van der Waals surface area contributed by atoms with Crippen molar-refractivity contribution in [3.8, 4) is 11.5 Å². The maximum atomic E-state index is 12.6. The molecular weight excluding hydrogens is 462 g/mol. The Kier molecular flexibility index (Phi) is 7.74. The summed E-state index contributed by atoms with van der Waals surface area (Å²) in [6, 6.07) is 14.5. The Balaban J connectivity index is 1.49. The molecule has 1 aliphatic rings. The van der Waals surface area contributed by atoms with E-state index in [9.17, 15) is 9.59 Å². The number of carbonyl (C=O) groups is 2. The number of hydrazone groups is 1. The summed E-state index contributed by atoms with van der Waals surface area (Å²) in [5.74, 6) is 0.852. The van der Waals surface area contributed by atoms with Crippen LogP contribution in [0.4, 0.5) is 10.5 Å². The van der Waals surface area contributed by atoms with E-state index in [1.54, 1.807) is 32.4 Å². The minimum atomic E-state index is -0.503. The number of amides is 2. The molecule has 1 aromatic heterocycles. The van der Waals surface area contributed by atoms with Crippen LogP contribution in [0.2, 0.25) is 0 Å². The van der Waals surface area contributed by atoms with E-state index in [4.69, 9.17) is 14.2 Å². The van der Waals surface area contributed by atoms with Crippen LogP contribution in [0.1, 0.15) is 35.1 Å². The van der Waals surface area contributed by atoms with E-state index < -0.39 is 18.1 Å². The van der Waals surface area contributed by atoms with Crippen molar-refractivity contribution < 1.29 is 23.8 Å². The monoisotopic (exact) mass is 489 g/mol. The number of aromatic nitrogens is 2. The van der Waals surface area contributed by atoms with Crippen LogP contribution in [0.15, 0.2) is 66.0 Å². The van der Waals surface area contributed by atoms with Crippen molar-refractivity contribution >= 4 is 23.4 Å². The van der Waals surface area contributed by atoms with Crippen molar-refractivity contribution in [2.24, 2.45) is 5.10 Å². The second kappa shape index (κ2) is 11.3. The van der Waals surface area contributed by atoms with Crippen molar-refractivity contribution in [3.05, 3.63) is 77.9 Å². The fourth-order valence-corrected chi connectivity index (χ4v) is 3.77. The van der Waals surface area contributed by atoms with Gasteiger partial charge in [0, 0.05) is 23.6 Å². The first-order valence-corrected chi connectivity index (χ1v) is 11.5. The second-order valence-electron chi connectivity index (χ2n) is 7.94. The number of nitrogens with zero attached hydrogens (tertiary/aromatic N) is 4. The Bertz CT molecular complexity index is 1260. The first-order valence-electron chi connectivity index (χ1n) is 11.5. The number of hydrogen-bond acceptors (Lipinski definition) is 8. The highest BCUT2D eigenvalue weighted by Crippen LogP contribution is 2.30. The fraction of sp³-hybridized carbons (Fsp3) is 0.269. The lowest BCUT2D eigenvalue weighted by molar-refractivity contribution is 0.0741. The van der Waals surface area contributed by atoms with Crippen LogP contribution in [0.25, 0.3) is 0 Å². The average Bonchev–Trinajstić information content (AvgIpc) is 2.92. The van der Waals surface area contributed by atoms with Crippen LogP contribution in [0, 0.1) is 0 Å². The molecule has 4 rings (SSSR count). The molecule has 0 radical (unpaired) electrons. The predicted octanol–water partition coefficient (Wildman–Crippen LogP) is 3.92. The number of ether oxygens (including phenoxy) is 3. The lowest BCUT2D eigenvalue weighted by atomic mass is 10.0. The van der Waals surface area contributed by atoms with E-state index >= 15 is 0 Å². The van der Waals surface area contributed by atoms with E-state index in [2.05, 4.69) is 20.4 Å². The lowest BCUT2D eigenvalue weighted by Crippen LogP contribution is -2.42. The van der Waals surface area contributed by atoms with Gasteiger partial charge in [-0.15, -0.1) is 0 Å². The normalized spacial score (nSPS) is 15.1. The van der Waals surface area contributed by atoms with Crippen LogP contribution in [-0.2, 0) is 11.2 Å². The van der Waals surface area contributed by atoms with Crippen molar-refractivity contribution in [2.45, 2.75) is 25.9 Å². The zero-order valence-electron chi connectivity index (χ0n) is 20.3. The molecule has 2 aromatic carbocycles. The summed E-state index contributed by atoms with van der Waals surface area (Å²) in [6.07, 6.45) is 3.13. The van der Waals surface area contributed by atoms with Gasteiger partial charge in [0.2, 0.25) is 5.82 Å². The molecule has 0 spiro atoms. The number of carbonyl (C=O) groups excluding carboxylic acids is 2. The SMILES string of the molecule is CCC1OC(=O)N(CCc2cccc(NC(=O)c3ncccn3)c2)N=C1c1ccc(OC)c(OC)c1. The standard InChI is InChI=1S/C26H27N5O5/c1-4-20-23(18-9-10-21(34-2)22(16-18)35-3)30-31(26(33)36-20)14-11-17-7-5-8-19(15-17)29-25(32)24-27-12-6-13-28-24/h5-10,12-13,15-16,20H,4,11,14H2,1-3H3,(H,29,32). The molecule has 2 heterocycles. The van der Waals surface area contributed by atoms with Gasteiger partial charge >= 0.3 is 6.09 Å². The summed E-state index contributed by atoms with van der Waals surface area (Å²) in [5.41, 5.74) is 2.94. The maximum absolute atomic E-state index is 12.6. The second-order valence-corrected chi connectivity index (χ2v) is 7.94. The Morgan fingerprint density at radius 3 is 2.56 bits per heavy atom. The van der Waals surface area contributed by atoms with Gasteiger partial charge in [-0.25, -0.2) is 14.8 Å². The number of anilines is 1. The molecule has 0 saturated carbocycles. The fourth-order valence-electron chi connectivity index (χ4n) is 3.77. The van der Waals surface area contributed by atoms with E-state index in [0.29, 0.717) is 42.3 Å². The third kappa shape index (κ3) is 5.60. The Morgan fingerprint density at radius 1 is 1.06 bits per heavy atom. The molecule has 10 heteroatoms. The van der Waals surface area contributed by atoms with Crippen LogP contribution >= 0.6 is 0 Å². The van der Waals surface area contributed by atoms with E-state index in [0.717, 1.165) is 11.1 Å². The Hall–Kier alpha value is -4.47. The highest BCUT2D eigenvalue weighted by molar-refractivity contribution is 6.06. The predicted molar refractivity (Wildman–Crippen MR) is 133 cm³/mol. The van der Waals surface area contributed by atoms with Crippen molar-refractivity contribution in [1.82, 2.24) is 15.0 Å². The van der Waals surface area contributed by atoms with Gasteiger partial charge in [-0.2, -0.15) is 10.1 Å². The molecule has 0 fully saturated rings. The molecule has 1 N–H and O–H groups in total. The maximum Gasteiger partial charge on any atom is 0.431 e. The number of benzene rings is 2. The Labute approximate surface area is 208 Å². The molecule has 1 atom stereocenters. The molecule has 0 saturated heterocycles. The number of rotatable bonds is 9. The molecule has 1 unspecified atom stereocenters.